The van der Waals surface area contributed by atoms with E-state index < -0.39 is 30.5 Å². The van der Waals surface area contributed by atoms with Gasteiger partial charge in [0.15, 0.2) is 0 Å². The molecule has 0 radical (unpaired) electrons. The first-order valence-corrected chi connectivity index (χ1v) is 22.4. The Morgan fingerprint density at radius 2 is 1.25 bits per heavy atom. The molecule has 3 aromatic heterocycles. The number of H-pyrrole nitrogens is 2. The summed E-state index contributed by atoms with van der Waals surface area (Å²) < 4.78 is 18.8. The lowest BCUT2D eigenvalue weighted by molar-refractivity contribution is -0.136. The minimum absolute atomic E-state index is 0.128. The third-order valence-electron chi connectivity index (χ3n) is 13.0. The van der Waals surface area contributed by atoms with Crippen LogP contribution in [0.2, 0.25) is 0 Å². The minimum atomic E-state index is -0.720. The zero-order valence-corrected chi connectivity index (χ0v) is 37.5. The summed E-state index contributed by atoms with van der Waals surface area (Å²) in [6, 6.07) is 22.9. The van der Waals surface area contributed by atoms with E-state index in [1.165, 1.54) is 14.2 Å². The van der Waals surface area contributed by atoms with Crippen LogP contribution in [0.3, 0.4) is 0 Å². The van der Waals surface area contributed by atoms with Gasteiger partial charge in [-0.05, 0) is 67.9 Å². The van der Waals surface area contributed by atoms with Crippen molar-refractivity contribution in [3.8, 4) is 39.5 Å². The summed E-state index contributed by atoms with van der Waals surface area (Å²) in [4.78, 5) is 72.0. The number of carbonyl (C=O) groups is 4. The number of aromatic amines is 2. The lowest BCUT2D eigenvalue weighted by Gasteiger charge is -2.30. The second-order valence-electron chi connectivity index (χ2n) is 17.7. The molecule has 4 N–H and O–H groups in total. The molecule has 16 heteroatoms. The van der Waals surface area contributed by atoms with Crippen LogP contribution in [0.15, 0.2) is 85.2 Å². The Kier molecular flexibility index (Phi) is 11.8. The number of fused-ring (bicyclic) bond motifs is 5. The molecule has 16 nitrogen and oxygen atoms in total. The fourth-order valence-electron chi connectivity index (χ4n) is 9.56. The molecule has 338 valence electrons. The molecule has 2 fully saturated rings. The predicted molar refractivity (Wildman–Crippen MR) is 243 cm³/mol. The molecule has 0 aliphatic carbocycles. The van der Waals surface area contributed by atoms with Crippen LogP contribution >= 0.6 is 0 Å². The van der Waals surface area contributed by atoms with Crippen LogP contribution in [0.1, 0.15) is 88.9 Å². The maximum absolute atomic E-state index is 13.8. The molecule has 5 atom stereocenters. The fourth-order valence-corrected chi connectivity index (χ4v) is 9.56. The topological polar surface area (TPSA) is 189 Å². The number of ether oxygens (including phenoxy) is 3. The Hall–Kier alpha value is -7.10. The van der Waals surface area contributed by atoms with Crippen molar-refractivity contribution in [2.24, 2.45) is 11.8 Å². The summed E-state index contributed by atoms with van der Waals surface area (Å²) in [5.41, 5.74) is 7.43. The Labute approximate surface area is 377 Å². The van der Waals surface area contributed by atoms with Crippen molar-refractivity contribution < 1.29 is 33.4 Å². The highest BCUT2D eigenvalue weighted by molar-refractivity contribution is 5.93. The Balaban J connectivity index is 1.00. The molecule has 4 amide bonds. The minimum Gasteiger partial charge on any atom is -0.465 e. The van der Waals surface area contributed by atoms with E-state index in [2.05, 4.69) is 73.7 Å². The number of likely N-dealkylation sites (tertiary alicyclic amines) is 2. The number of carbonyl (C=O) groups excluding carboxylic acids is 4. The number of imidazole rings is 2. The van der Waals surface area contributed by atoms with E-state index in [-0.39, 0.29) is 35.7 Å². The van der Waals surface area contributed by atoms with E-state index in [1.807, 2.05) is 68.0 Å². The van der Waals surface area contributed by atoms with Gasteiger partial charge in [-0.15, -0.1) is 0 Å². The fraction of sp³-hybridized carbons (Fsp3) is 0.388. The molecule has 0 bridgehead atoms. The summed E-state index contributed by atoms with van der Waals surface area (Å²) >= 11 is 0. The Bertz CT molecular complexity index is 2740. The number of aromatic nitrogens is 5. The molecule has 3 aliphatic heterocycles. The van der Waals surface area contributed by atoms with Gasteiger partial charge >= 0.3 is 12.2 Å². The number of nitrogens with zero attached hydrogens (tertiary/aromatic N) is 5. The van der Waals surface area contributed by atoms with Crippen LogP contribution in [0.5, 0.6) is 5.75 Å². The van der Waals surface area contributed by atoms with Crippen molar-refractivity contribution in [2.45, 2.75) is 83.8 Å². The largest absolute Gasteiger partial charge is 0.465 e. The highest BCUT2D eigenvalue weighted by Gasteiger charge is 2.39. The number of alkyl carbamates (subject to hydrolysis) is 2. The van der Waals surface area contributed by atoms with Gasteiger partial charge in [-0.2, -0.15) is 0 Å². The van der Waals surface area contributed by atoms with Crippen LogP contribution in [0.25, 0.3) is 44.7 Å². The monoisotopic (exact) mass is 881 g/mol. The van der Waals surface area contributed by atoms with Gasteiger partial charge in [0.05, 0.1) is 61.3 Å². The number of hydrogen-bond donors (Lipinski definition) is 4. The maximum atomic E-state index is 13.8. The van der Waals surface area contributed by atoms with Crippen LogP contribution in [0, 0.1) is 11.8 Å². The molecule has 65 heavy (non-hydrogen) atoms. The van der Waals surface area contributed by atoms with Crippen LogP contribution in [-0.4, -0.2) is 97.7 Å². The summed E-state index contributed by atoms with van der Waals surface area (Å²) in [6.07, 6.45) is 5.05. The van der Waals surface area contributed by atoms with E-state index in [4.69, 9.17) is 24.2 Å². The number of nitrogens with one attached hydrogen (secondary N) is 4. The van der Waals surface area contributed by atoms with Gasteiger partial charge in [-0.3, -0.25) is 9.59 Å². The summed E-state index contributed by atoms with van der Waals surface area (Å²) in [6.45, 7) is 8.75. The lowest BCUT2D eigenvalue weighted by atomic mass is 10.0. The molecule has 6 aromatic rings. The first kappa shape index (κ1) is 43.2. The van der Waals surface area contributed by atoms with Crippen LogP contribution in [-0.2, 0) is 19.1 Å². The van der Waals surface area contributed by atoms with Crippen molar-refractivity contribution in [1.82, 2.24) is 44.9 Å². The van der Waals surface area contributed by atoms with Crippen molar-refractivity contribution in [2.75, 3.05) is 27.3 Å². The van der Waals surface area contributed by atoms with Gasteiger partial charge in [-0.1, -0.05) is 70.2 Å². The molecule has 0 spiro atoms. The normalized spacial score (nSPS) is 18.9. The molecule has 6 heterocycles. The summed E-state index contributed by atoms with van der Waals surface area (Å²) in [7, 11) is 2.58. The zero-order valence-electron chi connectivity index (χ0n) is 37.5. The van der Waals surface area contributed by atoms with Crippen LogP contribution < -0.4 is 15.4 Å². The van der Waals surface area contributed by atoms with Gasteiger partial charge in [0.25, 0.3) is 0 Å². The molecule has 0 saturated carbocycles. The van der Waals surface area contributed by atoms with Gasteiger partial charge in [0.1, 0.15) is 29.5 Å². The molecule has 2 saturated heterocycles. The van der Waals surface area contributed by atoms with Crippen molar-refractivity contribution >= 4 is 34.9 Å². The standard InChI is InChI=1S/C49H55N9O7/c1-27(2)41(54-48(61)63-5)45(59)56-20-10-14-37(56)43-50-25-34(52-43)30-17-19-36-32(22-30)23-39-33-18-16-31(24-40(33)65-47(58(36)39)29-12-8-7-9-13-29)35-26-51-44(53-35)38-15-11-21-57(38)46(60)42(28(3)4)55-49(62)64-6/h7-9,12-13,16-19,22-28,37-38,41-42,47H,10-11,14-15,20-21H2,1-6H3,(H,50,52)(H,51,53)(H,54,61)(H,55,62)/t37?,38-,41-,42-,47-/m0/s1. The number of hydrogen-bond acceptors (Lipinski definition) is 9. The molecular weight excluding hydrogens is 827 g/mol. The first-order valence-electron chi connectivity index (χ1n) is 22.4. The van der Waals surface area contributed by atoms with Crippen molar-refractivity contribution in [1.29, 1.82) is 0 Å². The van der Waals surface area contributed by atoms with Gasteiger partial charge in [-0.25, -0.2) is 19.6 Å². The van der Waals surface area contributed by atoms with E-state index >= 15 is 0 Å². The predicted octanol–water partition coefficient (Wildman–Crippen LogP) is 8.12. The van der Waals surface area contributed by atoms with Gasteiger partial charge in [0.2, 0.25) is 18.0 Å². The lowest BCUT2D eigenvalue weighted by Crippen LogP contribution is -2.51. The summed E-state index contributed by atoms with van der Waals surface area (Å²) in [5, 5.41) is 6.46. The highest BCUT2D eigenvalue weighted by Crippen LogP contribution is 2.46. The Morgan fingerprint density at radius 1 is 0.708 bits per heavy atom. The van der Waals surface area contributed by atoms with Crippen molar-refractivity contribution in [3.63, 3.8) is 0 Å². The third-order valence-corrected chi connectivity index (χ3v) is 13.0. The van der Waals surface area contributed by atoms with Crippen molar-refractivity contribution in [3.05, 3.63) is 102 Å². The number of methoxy groups -OCH3 is 2. The average Bonchev–Trinajstić information content (AvgIpc) is 4.18. The van der Waals surface area contributed by atoms with E-state index in [0.717, 1.165) is 81.7 Å². The average molecular weight is 882 g/mol. The van der Waals surface area contributed by atoms with E-state index in [0.29, 0.717) is 24.7 Å². The SMILES string of the molecule is COC(=O)N[C@H](C(=O)N1CCCC1c1ncc(-c2ccc3c(c2)cc2n3[C@H](c3ccccc3)Oc3cc(-c4cnc([C@@H]5CCCN5C(=O)[C@@H](NC(=O)OC)C(C)C)[nH]4)ccc3-2)[nH]1)C(C)C. The van der Waals surface area contributed by atoms with Gasteiger partial charge < -0.3 is 49.2 Å². The molecular formula is C49H55N9O7. The quantitative estimate of drug-likeness (QED) is 0.0997. The second kappa shape index (κ2) is 17.8. The molecule has 1 unspecified atom stereocenters. The summed E-state index contributed by atoms with van der Waals surface area (Å²) in [5.74, 6) is 1.55. The molecule has 3 aliphatic rings. The molecule has 3 aromatic carbocycles. The number of amides is 4. The second-order valence-corrected chi connectivity index (χ2v) is 17.7. The van der Waals surface area contributed by atoms with E-state index in [1.54, 1.807) is 6.20 Å². The molecule has 9 rings (SSSR count). The third kappa shape index (κ3) is 8.17. The first-order chi connectivity index (χ1) is 31.4. The van der Waals surface area contributed by atoms with Gasteiger partial charge in [0, 0.05) is 40.7 Å². The van der Waals surface area contributed by atoms with E-state index in [9.17, 15) is 19.2 Å². The smallest absolute Gasteiger partial charge is 0.407 e. The Morgan fingerprint density at radius 3 is 1.78 bits per heavy atom. The highest BCUT2D eigenvalue weighted by atomic mass is 16.5. The number of benzene rings is 3. The zero-order chi connectivity index (χ0) is 45.5. The number of rotatable bonds is 11. The maximum Gasteiger partial charge on any atom is 0.407 e. The van der Waals surface area contributed by atoms with Crippen LogP contribution in [0.4, 0.5) is 9.59 Å².